The second-order valence-corrected chi connectivity index (χ2v) is 5.43. The summed E-state index contributed by atoms with van der Waals surface area (Å²) in [6.07, 6.45) is 3.60. The molecule has 7 heteroatoms. The van der Waals surface area contributed by atoms with Crippen molar-refractivity contribution in [1.82, 2.24) is 25.0 Å². The summed E-state index contributed by atoms with van der Waals surface area (Å²) in [6, 6.07) is 0.407. The lowest BCUT2D eigenvalue weighted by molar-refractivity contribution is 0.343. The molecule has 96 valence electrons. The van der Waals surface area contributed by atoms with E-state index in [-0.39, 0.29) is 0 Å². The fourth-order valence-corrected chi connectivity index (χ4v) is 3.56. The van der Waals surface area contributed by atoms with Gasteiger partial charge >= 0.3 is 0 Å². The molecule has 0 bridgehead atoms. The number of nitrogens with one attached hydrogen (secondary N) is 1. The first-order chi connectivity index (χ1) is 8.79. The zero-order chi connectivity index (χ0) is 12.5. The average Bonchev–Trinajstić information content (AvgIpc) is 3.06. The smallest absolute Gasteiger partial charge is 0.238 e. The number of rotatable bonds is 3. The van der Waals surface area contributed by atoms with Crippen LogP contribution in [-0.2, 0) is 7.05 Å². The minimum Gasteiger partial charge on any atom is -0.338 e. The van der Waals surface area contributed by atoms with E-state index in [0.717, 1.165) is 17.3 Å². The molecule has 3 heterocycles. The molecule has 0 aromatic carbocycles. The Hall–Kier alpha value is -1.34. The Labute approximate surface area is 109 Å². The van der Waals surface area contributed by atoms with Crippen molar-refractivity contribution in [3.05, 3.63) is 18.3 Å². The molecule has 0 aliphatic carbocycles. The molecule has 3 rings (SSSR count). The predicted octanol–water partition coefficient (Wildman–Crippen LogP) is 0.888. The first kappa shape index (κ1) is 11.7. The van der Waals surface area contributed by atoms with Crippen molar-refractivity contribution < 1.29 is 4.52 Å². The zero-order valence-corrected chi connectivity index (χ0v) is 11.1. The van der Waals surface area contributed by atoms with E-state index in [9.17, 15) is 0 Å². The van der Waals surface area contributed by atoms with Gasteiger partial charge in [-0.15, -0.1) is 0 Å². The minimum atomic E-state index is 0.293. The lowest BCUT2D eigenvalue weighted by Crippen LogP contribution is -2.31. The van der Waals surface area contributed by atoms with Gasteiger partial charge in [-0.3, -0.25) is 0 Å². The Morgan fingerprint density at radius 1 is 1.50 bits per heavy atom. The average molecular weight is 265 g/mol. The molecular weight excluding hydrogens is 250 g/mol. The van der Waals surface area contributed by atoms with E-state index in [1.165, 1.54) is 0 Å². The molecule has 0 saturated carbocycles. The van der Waals surface area contributed by atoms with Gasteiger partial charge in [-0.05, 0) is 7.05 Å². The van der Waals surface area contributed by atoms with E-state index in [2.05, 4.69) is 20.4 Å². The van der Waals surface area contributed by atoms with Gasteiger partial charge in [0.05, 0.1) is 5.92 Å². The highest BCUT2D eigenvalue weighted by Crippen LogP contribution is 2.32. The van der Waals surface area contributed by atoms with Gasteiger partial charge in [0.2, 0.25) is 11.7 Å². The van der Waals surface area contributed by atoms with E-state index in [1.807, 2.05) is 36.6 Å². The topological polar surface area (TPSA) is 68.8 Å². The van der Waals surface area contributed by atoms with Crippen molar-refractivity contribution in [2.45, 2.75) is 12.0 Å². The molecular formula is C11H15N5OS. The Morgan fingerprint density at radius 3 is 3.11 bits per heavy atom. The van der Waals surface area contributed by atoms with Crippen LogP contribution >= 0.6 is 11.8 Å². The van der Waals surface area contributed by atoms with Crippen molar-refractivity contribution >= 4 is 11.8 Å². The van der Waals surface area contributed by atoms with Crippen molar-refractivity contribution in [2.75, 3.05) is 18.6 Å². The van der Waals surface area contributed by atoms with Crippen LogP contribution < -0.4 is 5.32 Å². The van der Waals surface area contributed by atoms with E-state index < -0.39 is 0 Å². The summed E-state index contributed by atoms with van der Waals surface area (Å²) in [6.45, 7) is 0. The van der Waals surface area contributed by atoms with E-state index in [4.69, 9.17) is 4.52 Å². The number of aromatic nitrogens is 4. The second kappa shape index (κ2) is 4.74. The maximum absolute atomic E-state index is 5.39. The van der Waals surface area contributed by atoms with Crippen molar-refractivity contribution in [1.29, 1.82) is 0 Å². The van der Waals surface area contributed by atoms with Crippen LogP contribution in [-0.4, -0.2) is 44.3 Å². The Kier molecular flexibility index (Phi) is 3.09. The first-order valence-corrected chi connectivity index (χ1v) is 7.01. The van der Waals surface area contributed by atoms with Crippen LogP contribution in [0.2, 0.25) is 0 Å². The Morgan fingerprint density at radius 2 is 2.39 bits per heavy atom. The number of hydrogen-bond donors (Lipinski definition) is 1. The monoisotopic (exact) mass is 265 g/mol. The van der Waals surface area contributed by atoms with Crippen LogP contribution in [0.25, 0.3) is 11.6 Å². The summed E-state index contributed by atoms with van der Waals surface area (Å²) in [5.74, 6) is 4.40. The standard InChI is InChI=1S/C11H15N5OS/c1-12-8-6-18-5-7(8)11-14-9(15-17-11)10-13-3-4-16(10)2/h3-4,7-8,12H,5-6H2,1-2H3. The van der Waals surface area contributed by atoms with E-state index in [0.29, 0.717) is 23.7 Å². The molecule has 1 fully saturated rings. The highest BCUT2D eigenvalue weighted by Gasteiger charge is 2.32. The van der Waals surface area contributed by atoms with Crippen LogP contribution in [0.5, 0.6) is 0 Å². The van der Waals surface area contributed by atoms with Gasteiger partial charge in [-0.1, -0.05) is 5.16 Å². The molecule has 2 aromatic heterocycles. The molecule has 1 aliphatic heterocycles. The molecule has 0 radical (unpaired) electrons. The largest absolute Gasteiger partial charge is 0.338 e. The van der Waals surface area contributed by atoms with E-state index >= 15 is 0 Å². The minimum absolute atomic E-state index is 0.293. The van der Waals surface area contributed by atoms with Crippen molar-refractivity contribution in [2.24, 2.45) is 7.05 Å². The molecule has 2 atom stereocenters. The lowest BCUT2D eigenvalue weighted by atomic mass is 10.0. The lowest BCUT2D eigenvalue weighted by Gasteiger charge is -2.13. The van der Waals surface area contributed by atoms with Crippen LogP contribution in [0.3, 0.4) is 0 Å². The molecule has 2 unspecified atom stereocenters. The number of thioether (sulfide) groups is 1. The normalized spacial score (nSPS) is 23.7. The number of nitrogens with zero attached hydrogens (tertiary/aromatic N) is 4. The molecule has 0 amide bonds. The second-order valence-electron chi connectivity index (χ2n) is 4.36. The summed E-state index contributed by atoms with van der Waals surface area (Å²) in [7, 11) is 3.89. The van der Waals surface area contributed by atoms with Crippen LogP contribution in [0.15, 0.2) is 16.9 Å². The molecule has 6 nitrogen and oxygen atoms in total. The fraction of sp³-hybridized carbons (Fsp3) is 0.545. The summed E-state index contributed by atoms with van der Waals surface area (Å²) < 4.78 is 7.27. The van der Waals surface area contributed by atoms with Gasteiger partial charge in [-0.2, -0.15) is 16.7 Å². The van der Waals surface area contributed by atoms with Crippen LogP contribution in [0.1, 0.15) is 11.8 Å². The molecule has 1 N–H and O–H groups in total. The van der Waals surface area contributed by atoms with Crippen molar-refractivity contribution in [3.8, 4) is 11.6 Å². The zero-order valence-electron chi connectivity index (χ0n) is 10.3. The summed E-state index contributed by atoms with van der Waals surface area (Å²) in [5, 5.41) is 7.32. The van der Waals surface area contributed by atoms with Gasteiger partial charge in [0.15, 0.2) is 5.82 Å². The summed E-state index contributed by atoms with van der Waals surface area (Å²) in [4.78, 5) is 8.70. The third-order valence-corrected chi connectivity index (χ3v) is 4.42. The predicted molar refractivity (Wildman–Crippen MR) is 69.4 cm³/mol. The summed E-state index contributed by atoms with van der Waals surface area (Å²) >= 11 is 1.91. The van der Waals surface area contributed by atoms with Gasteiger partial charge in [0.25, 0.3) is 0 Å². The molecule has 0 spiro atoms. The molecule has 1 aliphatic rings. The maximum atomic E-state index is 5.39. The third-order valence-electron chi connectivity index (χ3n) is 3.23. The summed E-state index contributed by atoms with van der Waals surface area (Å²) in [5.41, 5.74) is 0. The van der Waals surface area contributed by atoms with Gasteiger partial charge in [0, 0.05) is 37.0 Å². The number of aryl methyl sites for hydroxylation is 1. The number of likely N-dealkylation sites (N-methyl/N-ethyl adjacent to an activating group) is 1. The number of hydrogen-bond acceptors (Lipinski definition) is 6. The Bertz CT molecular complexity index is 537. The number of imidazole rings is 1. The van der Waals surface area contributed by atoms with Gasteiger partial charge < -0.3 is 14.4 Å². The van der Waals surface area contributed by atoms with E-state index in [1.54, 1.807) is 6.20 Å². The SMILES string of the molecule is CNC1CSCC1c1nc(-c2nccn2C)no1. The van der Waals surface area contributed by atoms with Crippen LogP contribution in [0.4, 0.5) is 0 Å². The highest BCUT2D eigenvalue weighted by atomic mass is 32.2. The molecule has 1 saturated heterocycles. The van der Waals surface area contributed by atoms with Gasteiger partial charge in [0.1, 0.15) is 0 Å². The molecule has 18 heavy (non-hydrogen) atoms. The maximum Gasteiger partial charge on any atom is 0.238 e. The first-order valence-electron chi connectivity index (χ1n) is 5.86. The third kappa shape index (κ3) is 1.93. The van der Waals surface area contributed by atoms with Crippen molar-refractivity contribution in [3.63, 3.8) is 0 Å². The fourth-order valence-electron chi connectivity index (χ4n) is 2.14. The van der Waals surface area contributed by atoms with Crippen LogP contribution in [0, 0.1) is 0 Å². The Balaban J connectivity index is 1.88. The molecule has 2 aromatic rings. The highest BCUT2D eigenvalue weighted by molar-refractivity contribution is 7.99. The quantitative estimate of drug-likeness (QED) is 0.889. The van der Waals surface area contributed by atoms with Gasteiger partial charge in [-0.25, -0.2) is 4.98 Å².